The molecule has 0 saturated carbocycles. The lowest BCUT2D eigenvalue weighted by Crippen LogP contribution is -2.36. The van der Waals surface area contributed by atoms with Crippen LogP contribution < -0.4 is 5.32 Å². The van der Waals surface area contributed by atoms with E-state index in [2.05, 4.69) is 11.4 Å². The number of carbonyl (C=O) groups excluding carboxylic acids is 2. The number of aryl methyl sites for hydroxylation is 1. The highest BCUT2D eigenvalue weighted by molar-refractivity contribution is 7.10. The monoisotopic (exact) mass is 441 g/mol. The highest BCUT2D eigenvalue weighted by atomic mass is 32.1. The minimum atomic E-state index is -0.568. The van der Waals surface area contributed by atoms with E-state index < -0.39 is 11.9 Å². The molecule has 1 aliphatic carbocycles. The van der Waals surface area contributed by atoms with Crippen molar-refractivity contribution in [3.05, 3.63) is 68.6 Å². The summed E-state index contributed by atoms with van der Waals surface area (Å²) in [5, 5.41) is 5.38. The lowest BCUT2D eigenvalue weighted by molar-refractivity contribution is -0.141. The first-order chi connectivity index (χ1) is 15.0. The number of esters is 1. The van der Waals surface area contributed by atoms with E-state index in [9.17, 15) is 9.59 Å². The van der Waals surface area contributed by atoms with Crippen LogP contribution in [0.5, 0.6) is 0 Å². The van der Waals surface area contributed by atoms with Gasteiger partial charge in [-0.05, 0) is 50.8 Å². The fourth-order valence-corrected chi connectivity index (χ4v) is 5.17. The molecule has 0 saturated heterocycles. The second kappa shape index (κ2) is 9.24. The Morgan fingerprint density at radius 2 is 2.06 bits per heavy atom. The van der Waals surface area contributed by atoms with Crippen molar-refractivity contribution in [2.24, 2.45) is 0 Å². The van der Waals surface area contributed by atoms with E-state index in [1.165, 1.54) is 4.88 Å². The van der Waals surface area contributed by atoms with Crippen LogP contribution >= 0.6 is 11.3 Å². The maximum atomic E-state index is 13.4. The highest BCUT2D eigenvalue weighted by Gasteiger charge is 2.42. The zero-order chi connectivity index (χ0) is 22.0. The zero-order valence-electron chi connectivity index (χ0n) is 18.0. The summed E-state index contributed by atoms with van der Waals surface area (Å²) in [5.74, 6) is 0.482. The molecule has 2 aromatic rings. The summed E-state index contributed by atoms with van der Waals surface area (Å²) in [7, 11) is 0. The second-order valence-electron chi connectivity index (χ2n) is 7.81. The summed E-state index contributed by atoms with van der Waals surface area (Å²) < 4.78 is 16.7. The average Bonchev–Trinajstić information content (AvgIpc) is 3.42. The zero-order valence-corrected chi connectivity index (χ0v) is 18.8. The van der Waals surface area contributed by atoms with Crippen molar-refractivity contribution in [1.82, 2.24) is 5.32 Å². The molecule has 6 nitrogen and oxygen atoms in total. The molecule has 3 heterocycles. The number of furan rings is 1. The lowest BCUT2D eigenvalue weighted by atomic mass is 9.74. The Balaban J connectivity index is 1.69. The van der Waals surface area contributed by atoms with Gasteiger partial charge in [-0.25, -0.2) is 4.79 Å². The van der Waals surface area contributed by atoms with E-state index in [-0.39, 0.29) is 18.3 Å². The Labute approximate surface area is 185 Å². The van der Waals surface area contributed by atoms with Gasteiger partial charge in [0.15, 0.2) is 5.78 Å². The van der Waals surface area contributed by atoms with E-state index in [0.29, 0.717) is 42.2 Å². The normalized spacial score (nSPS) is 21.2. The van der Waals surface area contributed by atoms with Gasteiger partial charge in [0.1, 0.15) is 18.1 Å². The maximum absolute atomic E-state index is 13.4. The number of allylic oxidation sites excluding steroid dienone is 3. The van der Waals surface area contributed by atoms with Gasteiger partial charge in [0.25, 0.3) is 0 Å². The van der Waals surface area contributed by atoms with Crippen LogP contribution in [0.3, 0.4) is 0 Å². The summed E-state index contributed by atoms with van der Waals surface area (Å²) in [6.07, 6.45) is 1.14. The molecule has 2 unspecified atom stereocenters. The van der Waals surface area contributed by atoms with Crippen molar-refractivity contribution in [2.75, 3.05) is 19.8 Å². The van der Waals surface area contributed by atoms with Gasteiger partial charge in [-0.2, -0.15) is 0 Å². The third-order valence-corrected chi connectivity index (χ3v) is 6.74. The number of Topliss-reactive ketones (excluding diaryl/α,β-unsaturated/α-hetero) is 1. The van der Waals surface area contributed by atoms with Gasteiger partial charge < -0.3 is 19.2 Å². The van der Waals surface area contributed by atoms with E-state index >= 15 is 0 Å². The number of carbonyl (C=O) groups is 2. The van der Waals surface area contributed by atoms with Gasteiger partial charge in [0.05, 0.1) is 18.1 Å². The molecule has 0 radical (unpaired) electrons. The quantitative estimate of drug-likeness (QED) is 0.500. The van der Waals surface area contributed by atoms with Crippen LogP contribution in [0.4, 0.5) is 0 Å². The highest BCUT2D eigenvalue weighted by Crippen LogP contribution is 2.46. The van der Waals surface area contributed by atoms with Crippen LogP contribution in [0.25, 0.3) is 0 Å². The van der Waals surface area contributed by atoms with Gasteiger partial charge in [-0.15, -0.1) is 11.3 Å². The maximum Gasteiger partial charge on any atom is 0.336 e. The number of nitrogens with one attached hydrogen (secondary N) is 1. The van der Waals surface area contributed by atoms with Crippen LogP contribution in [-0.2, 0) is 19.1 Å². The molecule has 164 valence electrons. The van der Waals surface area contributed by atoms with E-state index in [1.807, 2.05) is 44.4 Å². The molecule has 0 fully saturated rings. The largest absolute Gasteiger partial charge is 0.465 e. The first kappa shape index (κ1) is 21.6. The summed E-state index contributed by atoms with van der Waals surface area (Å²) in [6, 6.07) is 7.79. The molecule has 0 bridgehead atoms. The van der Waals surface area contributed by atoms with Crippen molar-refractivity contribution in [2.45, 2.75) is 45.4 Å². The summed E-state index contributed by atoms with van der Waals surface area (Å²) in [5.41, 5.74) is 2.60. The molecular weight excluding hydrogens is 414 g/mol. The summed E-state index contributed by atoms with van der Waals surface area (Å²) >= 11 is 1.67. The van der Waals surface area contributed by atoms with Crippen LogP contribution in [-0.4, -0.2) is 31.6 Å². The van der Waals surface area contributed by atoms with Crippen molar-refractivity contribution in [1.29, 1.82) is 0 Å². The van der Waals surface area contributed by atoms with Crippen LogP contribution in [0.2, 0.25) is 0 Å². The molecule has 7 heteroatoms. The molecule has 1 aliphatic heterocycles. The number of ether oxygens (including phenoxy) is 2. The molecule has 1 N–H and O–H groups in total. The van der Waals surface area contributed by atoms with Crippen molar-refractivity contribution >= 4 is 23.1 Å². The summed E-state index contributed by atoms with van der Waals surface area (Å²) in [6.45, 7) is 6.65. The first-order valence-electron chi connectivity index (χ1n) is 10.6. The second-order valence-corrected chi connectivity index (χ2v) is 8.79. The molecule has 0 spiro atoms. The Morgan fingerprint density at radius 1 is 1.23 bits per heavy atom. The van der Waals surface area contributed by atoms with Crippen molar-refractivity contribution in [3.8, 4) is 0 Å². The molecule has 2 aromatic heterocycles. The number of hydrogen-bond acceptors (Lipinski definition) is 7. The fraction of sp³-hybridized carbons (Fsp3) is 0.417. The third kappa shape index (κ3) is 4.38. The Morgan fingerprint density at radius 3 is 2.74 bits per heavy atom. The number of thiophene rings is 1. The minimum Gasteiger partial charge on any atom is -0.465 e. The first-order valence-corrected chi connectivity index (χ1v) is 11.5. The van der Waals surface area contributed by atoms with Crippen LogP contribution in [0.15, 0.2) is 56.6 Å². The Kier molecular flexibility index (Phi) is 6.43. The van der Waals surface area contributed by atoms with Gasteiger partial charge in [0.2, 0.25) is 0 Å². The number of hydrogen-bond donors (Lipinski definition) is 1. The predicted octanol–water partition coefficient (Wildman–Crippen LogP) is 4.59. The fourth-order valence-electron chi connectivity index (χ4n) is 4.34. The standard InChI is InChI=1S/C24H27NO5S/c1-4-28-9-10-29-24(27)21-15(3)25-17-12-16(20-6-5-11-31-20)13-18(26)22(17)23(21)19-8-7-14(2)30-19/h5-8,11,16,23,25H,4,9-10,12-13H2,1-3H3. The molecule has 0 amide bonds. The van der Waals surface area contributed by atoms with Crippen molar-refractivity contribution < 1.29 is 23.5 Å². The number of ketones is 1. The van der Waals surface area contributed by atoms with E-state index in [0.717, 1.165) is 17.9 Å². The number of dihydropyridines is 1. The smallest absolute Gasteiger partial charge is 0.336 e. The topological polar surface area (TPSA) is 77.8 Å². The third-order valence-electron chi connectivity index (χ3n) is 5.70. The van der Waals surface area contributed by atoms with Crippen LogP contribution in [0.1, 0.15) is 54.9 Å². The lowest BCUT2D eigenvalue weighted by Gasteiger charge is -2.35. The van der Waals surface area contributed by atoms with Gasteiger partial charge in [0, 0.05) is 40.8 Å². The van der Waals surface area contributed by atoms with Gasteiger partial charge >= 0.3 is 5.97 Å². The summed E-state index contributed by atoms with van der Waals surface area (Å²) in [4.78, 5) is 27.6. The SMILES string of the molecule is CCOCCOC(=O)C1=C(C)NC2=C(C(=O)CC(c3cccs3)C2)C1c1ccc(C)o1. The molecule has 0 aromatic carbocycles. The van der Waals surface area contributed by atoms with Crippen LogP contribution in [0, 0.1) is 6.92 Å². The molecule has 2 atom stereocenters. The Bertz CT molecular complexity index is 1030. The van der Waals surface area contributed by atoms with Gasteiger partial charge in [-0.1, -0.05) is 6.07 Å². The van der Waals surface area contributed by atoms with E-state index in [1.54, 1.807) is 11.3 Å². The van der Waals surface area contributed by atoms with Crippen molar-refractivity contribution in [3.63, 3.8) is 0 Å². The molecule has 2 aliphatic rings. The average molecular weight is 442 g/mol. The Hall–Kier alpha value is -2.64. The molecule has 31 heavy (non-hydrogen) atoms. The minimum absolute atomic E-state index is 0.0401. The predicted molar refractivity (Wildman–Crippen MR) is 118 cm³/mol. The van der Waals surface area contributed by atoms with E-state index in [4.69, 9.17) is 13.9 Å². The number of rotatable bonds is 7. The molecule has 4 rings (SSSR count). The van der Waals surface area contributed by atoms with Gasteiger partial charge in [-0.3, -0.25) is 4.79 Å². The molecular formula is C24H27NO5S.